The van der Waals surface area contributed by atoms with Crippen molar-refractivity contribution in [2.24, 2.45) is 0 Å². The van der Waals surface area contributed by atoms with Crippen molar-refractivity contribution in [2.45, 2.75) is 5.09 Å². The van der Waals surface area contributed by atoms with Crippen LogP contribution in [0.1, 0.15) is 0 Å². The van der Waals surface area contributed by atoms with Gasteiger partial charge in [0.1, 0.15) is 5.75 Å². The van der Waals surface area contributed by atoms with Gasteiger partial charge in [0.2, 0.25) is 0 Å². The van der Waals surface area contributed by atoms with E-state index >= 15 is 0 Å². The molecule has 0 aliphatic heterocycles. The van der Waals surface area contributed by atoms with E-state index in [9.17, 15) is 4.79 Å². The lowest BCUT2D eigenvalue weighted by atomic mass is 10.1. The lowest BCUT2D eigenvalue weighted by molar-refractivity contribution is 0.415. The topological polar surface area (TPSA) is 39.4 Å². The van der Waals surface area contributed by atoms with Gasteiger partial charge in [-0.2, -0.15) is 0 Å². The summed E-state index contributed by atoms with van der Waals surface area (Å²) in [6.07, 6.45) is 1.87. The molecular weight excluding hydrogens is 236 g/mol. The minimum atomic E-state index is -0.331. The number of hydrogen-bond acceptors (Lipinski definition) is 4. The van der Waals surface area contributed by atoms with E-state index in [1.807, 2.05) is 36.6 Å². The van der Waals surface area contributed by atoms with Gasteiger partial charge in [-0.25, -0.2) is 4.79 Å². The maximum absolute atomic E-state index is 11.4. The van der Waals surface area contributed by atoms with Gasteiger partial charge in [0.15, 0.2) is 5.09 Å². The fourth-order valence-corrected chi connectivity index (χ4v) is 1.91. The maximum Gasteiger partial charge on any atom is 0.337 e. The van der Waals surface area contributed by atoms with Crippen molar-refractivity contribution in [3.05, 3.63) is 46.8 Å². The summed E-state index contributed by atoms with van der Waals surface area (Å²) < 4.78 is 10.1. The lowest BCUT2D eigenvalue weighted by Gasteiger charge is -2.04. The van der Waals surface area contributed by atoms with Crippen LogP contribution in [0.4, 0.5) is 0 Å². The largest absolute Gasteiger partial charge is 0.497 e. The Kier molecular flexibility index (Phi) is 3.54. The molecule has 0 atom stereocenters. The predicted octanol–water partition coefficient (Wildman–Crippen LogP) is 3.04. The molecule has 0 aliphatic rings. The van der Waals surface area contributed by atoms with Gasteiger partial charge in [0.25, 0.3) is 0 Å². The second-order valence-electron chi connectivity index (χ2n) is 3.42. The predicted molar refractivity (Wildman–Crippen MR) is 68.7 cm³/mol. The number of benzene rings is 1. The second-order valence-corrected chi connectivity index (χ2v) is 4.23. The second kappa shape index (κ2) is 5.10. The quantitative estimate of drug-likeness (QED) is 0.783. The van der Waals surface area contributed by atoms with Gasteiger partial charge in [-0.1, -0.05) is 23.9 Å². The molecule has 1 aromatic heterocycles. The first-order valence-corrected chi connectivity index (χ1v) is 6.29. The first kappa shape index (κ1) is 11.8. The molecule has 0 bridgehead atoms. The van der Waals surface area contributed by atoms with Crippen molar-refractivity contribution in [3.8, 4) is 16.9 Å². The van der Waals surface area contributed by atoms with Crippen LogP contribution in [0.2, 0.25) is 0 Å². The number of rotatable bonds is 3. The van der Waals surface area contributed by atoms with E-state index in [4.69, 9.17) is 9.15 Å². The summed E-state index contributed by atoms with van der Waals surface area (Å²) in [5, 5.41) is 0.614. The average molecular weight is 248 g/mol. The minimum Gasteiger partial charge on any atom is -0.497 e. The third-order valence-electron chi connectivity index (χ3n) is 2.37. The Morgan fingerprint density at radius 2 is 1.82 bits per heavy atom. The lowest BCUT2D eigenvalue weighted by Crippen LogP contribution is -1.97. The van der Waals surface area contributed by atoms with Crippen molar-refractivity contribution in [1.29, 1.82) is 0 Å². The molecule has 0 unspecified atom stereocenters. The van der Waals surface area contributed by atoms with Crippen molar-refractivity contribution < 1.29 is 9.15 Å². The van der Waals surface area contributed by atoms with Crippen LogP contribution < -0.4 is 10.4 Å². The molecule has 0 N–H and O–H groups in total. The molecule has 0 saturated carbocycles. The standard InChI is InChI=1S/C13H12O3S/c1-15-11-5-3-9(4-6-11)10-7-12(14)16-13(8-10)17-2/h3-8H,1-2H3. The van der Waals surface area contributed by atoms with Gasteiger partial charge >= 0.3 is 5.63 Å². The van der Waals surface area contributed by atoms with Gasteiger partial charge in [0, 0.05) is 6.07 Å². The van der Waals surface area contributed by atoms with Crippen LogP contribution in [0.25, 0.3) is 11.1 Å². The fraction of sp³-hybridized carbons (Fsp3) is 0.154. The highest BCUT2D eigenvalue weighted by Gasteiger charge is 2.03. The Labute approximate surface area is 103 Å². The summed E-state index contributed by atoms with van der Waals surface area (Å²) in [6.45, 7) is 0. The maximum atomic E-state index is 11.4. The van der Waals surface area contributed by atoms with E-state index in [1.54, 1.807) is 7.11 Å². The molecular formula is C13H12O3S. The smallest absolute Gasteiger partial charge is 0.337 e. The van der Waals surface area contributed by atoms with Gasteiger partial charge < -0.3 is 9.15 Å². The zero-order valence-electron chi connectivity index (χ0n) is 9.60. The van der Waals surface area contributed by atoms with Crippen LogP contribution in [0.15, 0.2) is 50.7 Å². The van der Waals surface area contributed by atoms with E-state index in [1.165, 1.54) is 17.8 Å². The zero-order valence-corrected chi connectivity index (χ0v) is 10.4. The molecule has 0 spiro atoms. The minimum absolute atomic E-state index is 0.331. The Morgan fingerprint density at radius 1 is 1.12 bits per heavy atom. The van der Waals surface area contributed by atoms with Gasteiger partial charge in [0.05, 0.1) is 7.11 Å². The molecule has 4 heteroatoms. The summed E-state index contributed by atoms with van der Waals surface area (Å²) >= 11 is 1.41. The molecule has 2 aromatic rings. The van der Waals surface area contributed by atoms with E-state index in [0.717, 1.165) is 16.9 Å². The van der Waals surface area contributed by atoms with E-state index in [0.29, 0.717) is 5.09 Å². The van der Waals surface area contributed by atoms with Crippen LogP contribution in [-0.2, 0) is 0 Å². The zero-order chi connectivity index (χ0) is 12.3. The summed E-state index contributed by atoms with van der Waals surface area (Å²) in [4.78, 5) is 11.4. The van der Waals surface area contributed by atoms with Crippen LogP contribution in [0.5, 0.6) is 5.75 Å². The van der Waals surface area contributed by atoms with E-state index in [-0.39, 0.29) is 5.63 Å². The number of hydrogen-bond donors (Lipinski definition) is 0. The average Bonchev–Trinajstić information content (AvgIpc) is 2.38. The van der Waals surface area contributed by atoms with Crippen molar-refractivity contribution in [1.82, 2.24) is 0 Å². The Morgan fingerprint density at radius 3 is 2.41 bits per heavy atom. The summed E-state index contributed by atoms with van der Waals surface area (Å²) in [5.74, 6) is 0.793. The number of methoxy groups -OCH3 is 1. The van der Waals surface area contributed by atoms with Gasteiger partial charge in [-0.05, 0) is 35.6 Å². The Balaban J connectivity index is 2.44. The molecule has 1 aromatic carbocycles. The van der Waals surface area contributed by atoms with Crippen molar-refractivity contribution in [3.63, 3.8) is 0 Å². The van der Waals surface area contributed by atoms with Crippen LogP contribution in [-0.4, -0.2) is 13.4 Å². The molecule has 0 saturated heterocycles. The molecule has 0 aliphatic carbocycles. The molecule has 17 heavy (non-hydrogen) atoms. The third-order valence-corrected chi connectivity index (χ3v) is 2.98. The molecule has 88 valence electrons. The van der Waals surface area contributed by atoms with Crippen LogP contribution >= 0.6 is 11.8 Å². The molecule has 3 nitrogen and oxygen atoms in total. The first-order chi connectivity index (χ1) is 8.22. The van der Waals surface area contributed by atoms with Gasteiger partial charge in [-0.3, -0.25) is 0 Å². The molecule has 0 radical (unpaired) electrons. The highest BCUT2D eigenvalue weighted by Crippen LogP contribution is 2.24. The van der Waals surface area contributed by atoms with E-state index < -0.39 is 0 Å². The summed E-state index contributed by atoms with van der Waals surface area (Å²) in [7, 11) is 1.62. The Hall–Kier alpha value is -1.68. The molecule has 0 fully saturated rings. The molecule has 0 amide bonds. The SMILES string of the molecule is COc1ccc(-c2cc(SC)oc(=O)c2)cc1. The van der Waals surface area contributed by atoms with Crippen molar-refractivity contribution in [2.75, 3.05) is 13.4 Å². The highest BCUT2D eigenvalue weighted by molar-refractivity contribution is 7.98. The summed E-state index contributed by atoms with van der Waals surface area (Å²) in [6, 6.07) is 10.9. The monoisotopic (exact) mass is 248 g/mol. The first-order valence-electron chi connectivity index (χ1n) is 5.06. The highest BCUT2D eigenvalue weighted by atomic mass is 32.2. The third kappa shape index (κ3) is 2.71. The molecule has 1 heterocycles. The fourth-order valence-electron chi connectivity index (χ4n) is 1.50. The number of thioether (sulfide) groups is 1. The van der Waals surface area contributed by atoms with Crippen molar-refractivity contribution >= 4 is 11.8 Å². The van der Waals surface area contributed by atoms with Gasteiger partial charge in [-0.15, -0.1) is 0 Å². The number of ether oxygens (including phenoxy) is 1. The van der Waals surface area contributed by atoms with Crippen LogP contribution in [0.3, 0.4) is 0 Å². The van der Waals surface area contributed by atoms with E-state index in [2.05, 4.69) is 0 Å². The summed E-state index contributed by atoms with van der Waals surface area (Å²) in [5.41, 5.74) is 1.49. The molecule has 2 rings (SSSR count). The normalized spacial score (nSPS) is 10.2. The van der Waals surface area contributed by atoms with Crippen LogP contribution in [0, 0.1) is 0 Å². The Bertz CT molecular complexity index is 558.